The van der Waals surface area contributed by atoms with Gasteiger partial charge in [0.25, 0.3) is 0 Å². The Morgan fingerprint density at radius 2 is 2.33 bits per heavy atom. The number of nitrogens with zero attached hydrogens (tertiary/aromatic N) is 2. The third kappa shape index (κ3) is 2.99. The van der Waals surface area contributed by atoms with Gasteiger partial charge in [-0.05, 0) is 25.0 Å². The lowest BCUT2D eigenvalue weighted by molar-refractivity contribution is 0.0875. The molecule has 1 aromatic rings. The molecule has 0 aromatic heterocycles. The number of ether oxygens (including phenoxy) is 3. The second kappa shape index (κ2) is 6.24. The number of nitriles is 1. The zero-order valence-corrected chi connectivity index (χ0v) is 13.8. The number of methoxy groups -OCH3 is 1. The third-order valence-corrected chi connectivity index (χ3v) is 4.46. The van der Waals surface area contributed by atoms with Gasteiger partial charge in [0.1, 0.15) is 12.4 Å². The molecule has 0 N–H and O–H groups in total. The maximum atomic E-state index is 14.4. The zero-order chi connectivity index (χ0) is 17.3. The molecule has 1 aromatic carbocycles. The monoisotopic (exact) mass is 350 g/mol. The minimum absolute atomic E-state index is 0.0360. The number of thiocarbonyl (C=S) groups is 1. The number of anilines is 1. The topological polar surface area (TPSA) is 71.8 Å². The summed E-state index contributed by atoms with van der Waals surface area (Å²) in [4.78, 5) is 13.3. The van der Waals surface area contributed by atoms with Gasteiger partial charge in [0.15, 0.2) is 6.10 Å². The summed E-state index contributed by atoms with van der Waals surface area (Å²) in [7, 11) is 1.38. The van der Waals surface area contributed by atoms with Crippen LogP contribution in [0.25, 0.3) is 0 Å². The van der Waals surface area contributed by atoms with Crippen LogP contribution in [0.1, 0.15) is 18.4 Å². The van der Waals surface area contributed by atoms with Crippen molar-refractivity contribution in [3.05, 3.63) is 29.6 Å². The zero-order valence-electron chi connectivity index (χ0n) is 13.0. The lowest BCUT2D eigenvalue weighted by atomic mass is 9.97. The van der Waals surface area contributed by atoms with Crippen molar-refractivity contribution >= 4 is 29.2 Å². The van der Waals surface area contributed by atoms with E-state index in [2.05, 4.69) is 6.07 Å². The number of cyclic esters (lactones) is 1. The van der Waals surface area contributed by atoms with Gasteiger partial charge < -0.3 is 14.2 Å². The molecule has 6 nitrogen and oxygen atoms in total. The van der Waals surface area contributed by atoms with Crippen LogP contribution in [0, 0.1) is 17.1 Å². The van der Waals surface area contributed by atoms with Crippen LogP contribution in [-0.2, 0) is 19.6 Å². The summed E-state index contributed by atoms with van der Waals surface area (Å²) in [5, 5.41) is 9.14. The Morgan fingerprint density at radius 1 is 1.58 bits per heavy atom. The van der Waals surface area contributed by atoms with Crippen molar-refractivity contribution in [1.82, 2.24) is 0 Å². The number of hydrogen-bond acceptors (Lipinski definition) is 6. The van der Waals surface area contributed by atoms with Crippen molar-refractivity contribution < 1.29 is 23.4 Å². The maximum absolute atomic E-state index is 14.4. The molecule has 1 aliphatic heterocycles. The first-order valence-electron chi connectivity index (χ1n) is 7.39. The van der Waals surface area contributed by atoms with Crippen LogP contribution in [-0.4, -0.2) is 37.7 Å². The standard InChI is InChI=1S/C16H15FN2O4S/c1-21-15(24)22-8-11-7-19(14(20)23-11)10-2-3-12(13(17)6-10)16(9-18)4-5-16/h2-3,6,11H,4-5,7-8H2,1H3/t11-/m1/s1. The van der Waals surface area contributed by atoms with Crippen LogP contribution in [0.4, 0.5) is 14.9 Å². The summed E-state index contributed by atoms with van der Waals surface area (Å²) >= 11 is 4.75. The number of halogens is 1. The fraction of sp³-hybridized carbons (Fsp3) is 0.438. The molecule has 3 rings (SSSR count). The summed E-state index contributed by atoms with van der Waals surface area (Å²) in [6, 6.07) is 6.61. The van der Waals surface area contributed by atoms with Crippen molar-refractivity contribution in [1.29, 1.82) is 5.26 Å². The molecule has 0 bridgehead atoms. The van der Waals surface area contributed by atoms with Crippen LogP contribution in [0.5, 0.6) is 0 Å². The number of amides is 1. The van der Waals surface area contributed by atoms with Gasteiger partial charge in [-0.3, -0.25) is 4.90 Å². The van der Waals surface area contributed by atoms with E-state index in [9.17, 15) is 14.4 Å². The van der Waals surface area contributed by atoms with Gasteiger partial charge in [-0.25, -0.2) is 9.18 Å². The maximum Gasteiger partial charge on any atom is 0.414 e. The first-order chi connectivity index (χ1) is 11.5. The van der Waals surface area contributed by atoms with E-state index in [1.165, 1.54) is 18.1 Å². The van der Waals surface area contributed by atoms with E-state index in [0.29, 0.717) is 24.1 Å². The summed E-state index contributed by atoms with van der Waals surface area (Å²) < 4.78 is 29.3. The Balaban J connectivity index is 1.71. The first kappa shape index (κ1) is 16.5. The summed E-state index contributed by atoms with van der Waals surface area (Å²) in [5.74, 6) is -0.486. The van der Waals surface area contributed by atoms with Gasteiger partial charge in [0.05, 0.1) is 30.8 Å². The summed E-state index contributed by atoms with van der Waals surface area (Å²) in [6.45, 7) is 0.278. The summed E-state index contributed by atoms with van der Waals surface area (Å²) in [5.41, 5.74) is 0.0545. The first-order valence-corrected chi connectivity index (χ1v) is 7.80. The second-order valence-electron chi connectivity index (χ2n) is 5.74. The van der Waals surface area contributed by atoms with E-state index in [0.717, 1.165) is 0 Å². The highest BCUT2D eigenvalue weighted by Crippen LogP contribution is 2.48. The molecule has 8 heteroatoms. The molecule has 1 saturated carbocycles. The molecule has 1 amide bonds. The van der Waals surface area contributed by atoms with Gasteiger partial charge in [-0.2, -0.15) is 5.26 Å². The van der Waals surface area contributed by atoms with Crippen molar-refractivity contribution in [3.8, 4) is 6.07 Å². The van der Waals surface area contributed by atoms with Gasteiger partial charge in [0, 0.05) is 17.8 Å². The quantitative estimate of drug-likeness (QED) is 0.778. The van der Waals surface area contributed by atoms with E-state index in [1.54, 1.807) is 12.1 Å². The van der Waals surface area contributed by atoms with Crippen LogP contribution >= 0.6 is 12.2 Å². The third-order valence-electron chi connectivity index (χ3n) is 4.17. The fourth-order valence-corrected chi connectivity index (χ4v) is 2.73. The van der Waals surface area contributed by atoms with Crippen LogP contribution in [0.2, 0.25) is 0 Å². The van der Waals surface area contributed by atoms with Crippen LogP contribution in [0.3, 0.4) is 0 Å². The minimum atomic E-state index is -0.708. The van der Waals surface area contributed by atoms with Gasteiger partial charge in [-0.1, -0.05) is 6.07 Å². The lowest BCUT2D eigenvalue weighted by Gasteiger charge is -2.15. The fourth-order valence-electron chi connectivity index (χ4n) is 2.67. The molecule has 0 spiro atoms. The predicted molar refractivity (Wildman–Crippen MR) is 86.1 cm³/mol. The van der Waals surface area contributed by atoms with Crippen LogP contribution in [0.15, 0.2) is 18.2 Å². The molecule has 1 heterocycles. The molecular formula is C16H15FN2O4S. The summed E-state index contributed by atoms with van der Waals surface area (Å²) in [6.07, 6.45) is 0.206. The van der Waals surface area contributed by atoms with E-state index in [1.807, 2.05) is 0 Å². The van der Waals surface area contributed by atoms with E-state index >= 15 is 0 Å². The van der Waals surface area contributed by atoms with Gasteiger partial charge in [0.2, 0.25) is 0 Å². The SMILES string of the molecule is COC(=S)OC[C@H]1CN(c2ccc(C3(C#N)CC3)c(F)c2)C(=O)O1. The van der Waals surface area contributed by atoms with Gasteiger partial charge >= 0.3 is 11.3 Å². The normalized spacial score (nSPS) is 21.0. The number of hydrogen-bond donors (Lipinski definition) is 0. The molecular weight excluding hydrogens is 335 g/mol. The Kier molecular flexibility index (Phi) is 4.28. The Morgan fingerprint density at radius 3 is 2.92 bits per heavy atom. The molecule has 1 aliphatic carbocycles. The number of rotatable bonds is 4. The molecule has 126 valence electrons. The number of carbonyl (C=O) groups excluding carboxylic acids is 1. The minimum Gasteiger partial charge on any atom is -0.460 e. The highest BCUT2D eigenvalue weighted by atomic mass is 32.1. The Bertz CT molecular complexity index is 729. The van der Waals surface area contributed by atoms with Crippen molar-refractivity contribution in [3.63, 3.8) is 0 Å². The van der Waals surface area contributed by atoms with Crippen molar-refractivity contribution in [2.45, 2.75) is 24.4 Å². The average Bonchev–Trinajstić information content (AvgIpc) is 3.29. The highest BCUT2D eigenvalue weighted by Gasteiger charge is 2.47. The van der Waals surface area contributed by atoms with Crippen molar-refractivity contribution in [2.75, 3.05) is 25.2 Å². The lowest BCUT2D eigenvalue weighted by Crippen LogP contribution is -2.26. The smallest absolute Gasteiger partial charge is 0.414 e. The largest absolute Gasteiger partial charge is 0.460 e. The molecule has 24 heavy (non-hydrogen) atoms. The molecule has 1 atom stereocenters. The molecule has 0 radical (unpaired) electrons. The predicted octanol–water partition coefficient (Wildman–Crippen LogP) is 2.65. The van der Waals surface area contributed by atoms with E-state index in [4.69, 9.17) is 26.4 Å². The molecule has 0 unspecified atom stereocenters. The Labute approximate surface area is 143 Å². The Hall–Kier alpha value is -2.40. The highest BCUT2D eigenvalue weighted by molar-refractivity contribution is 7.79. The second-order valence-corrected chi connectivity index (χ2v) is 6.07. The van der Waals surface area contributed by atoms with Crippen molar-refractivity contribution in [2.24, 2.45) is 0 Å². The van der Waals surface area contributed by atoms with Crippen LogP contribution < -0.4 is 4.90 Å². The van der Waals surface area contributed by atoms with Gasteiger partial charge in [-0.15, -0.1) is 0 Å². The molecule has 2 aliphatic rings. The molecule has 2 fully saturated rings. The molecule has 1 saturated heterocycles. The average molecular weight is 350 g/mol. The van der Waals surface area contributed by atoms with E-state index in [-0.39, 0.29) is 18.4 Å². The number of carbonyl (C=O) groups is 1. The van der Waals surface area contributed by atoms with E-state index < -0.39 is 23.4 Å². The number of benzene rings is 1.